The van der Waals surface area contributed by atoms with E-state index in [0.717, 1.165) is 27.3 Å². The molecule has 1 saturated heterocycles. The molecule has 3 atom stereocenters. The zero-order chi connectivity index (χ0) is 43.5. The molecule has 1 aliphatic rings. The summed E-state index contributed by atoms with van der Waals surface area (Å²) in [6.45, 7) is 9.25. The number of carbonyl (C=O) groups is 3. The molecule has 17 nitrogen and oxygen atoms in total. The normalized spacial score (nSPS) is 15.8. The number of ether oxygens (including phenoxy) is 3. The topological polar surface area (TPSA) is 229 Å². The number of thiazole rings is 1. The van der Waals surface area contributed by atoms with Crippen molar-refractivity contribution < 1.29 is 38.8 Å². The van der Waals surface area contributed by atoms with Crippen LogP contribution in [0.25, 0.3) is 32.8 Å². The number of amides is 3. The maximum atomic E-state index is 13.9. The number of rotatable bonds is 19. The lowest BCUT2D eigenvalue weighted by Gasteiger charge is -2.35. The number of nitrogens with two attached hydrogens (primary N) is 1. The molecule has 61 heavy (non-hydrogen) atoms. The molecule has 1 aliphatic heterocycles. The molecule has 1 fully saturated rings. The SMILES string of the molecule is Cc1ncsc1-c1ccc(CNC(=O)[C@@H]2C[C@@H](O)CN2C(=O)[C@@H](NC(=O)COCCOCCOCCn2cc(-c3cc(-c4ccccc4O)nnc3N)cn2)C(C)(C)C)cc1. The number of likely N-dealkylation sites (tertiary alicyclic amines) is 1. The van der Waals surface area contributed by atoms with Gasteiger partial charge in [-0.15, -0.1) is 21.5 Å². The summed E-state index contributed by atoms with van der Waals surface area (Å²) < 4.78 is 18.5. The predicted octanol–water partition coefficient (Wildman–Crippen LogP) is 3.59. The van der Waals surface area contributed by atoms with E-state index >= 15 is 0 Å². The van der Waals surface area contributed by atoms with Crippen molar-refractivity contribution in [3.05, 3.63) is 83.8 Å². The van der Waals surface area contributed by atoms with Crippen molar-refractivity contribution in [2.45, 2.75) is 65.4 Å². The number of aliphatic hydroxyl groups excluding tert-OH is 1. The standard InChI is InChI=1S/C43H53N9O8S/c1-27-38(61-26-46-27)29-11-9-28(10-12-29)21-45-41(56)35-19-31(53)24-52(35)42(57)39(43(2,3)4)48-37(55)25-60-18-17-59-16-15-58-14-13-51-23-30(22-47-51)33-20-34(49-50-40(33)44)32-7-5-6-8-36(32)54/h5-12,20,22-23,26,31,35,39,53-54H,13-19,21,24-25H2,1-4H3,(H2,44,50)(H,45,56)(H,48,55)/t31-,35+,39-/m1/s1. The molecule has 324 valence electrons. The van der Waals surface area contributed by atoms with Gasteiger partial charge in [-0.05, 0) is 41.7 Å². The molecular weight excluding hydrogens is 803 g/mol. The van der Waals surface area contributed by atoms with Gasteiger partial charge < -0.3 is 45.7 Å². The molecule has 0 bridgehead atoms. The van der Waals surface area contributed by atoms with Crippen LogP contribution in [0, 0.1) is 12.3 Å². The maximum absolute atomic E-state index is 13.9. The van der Waals surface area contributed by atoms with Crippen LogP contribution < -0.4 is 16.4 Å². The molecule has 0 radical (unpaired) electrons. The number of nitrogen functional groups attached to an aromatic ring is 1. The molecule has 0 spiro atoms. The van der Waals surface area contributed by atoms with Gasteiger partial charge in [-0.2, -0.15) is 5.10 Å². The van der Waals surface area contributed by atoms with Crippen LogP contribution in [0.5, 0.6) is 5.75 Å². The monoisotopic (exact) mass is 855 g/mol. The van der Waals surface area contributed by atoms with Gasteiger partial charge in [-0.3, -0.25) is 19.1 Å². The molecule has 0 unspecified atom stereocenters. The summed E-state index contributed by atoms with van der Waals surface area (Å²) in [5, 5.41) is 39.0. The highest BCUT2D eigenvalue weighted by atomic mass is 32.1. The Morgan fingerprint density at radius 2 is 1.69 bits per heavy atom. The quantitative estimate of drug-likeness (QED) is 0.0750. The summed E-state index contributed by atoms with van der Waals surface area (Å²) >= 11 is 1.57. The van der Waals surface area contributed by atoms with Gasteiger partial charge in [0.25, 0.3) is 0 Å². The van der Waals surface area contributed by atoms with Crippen molar-refractivity contribution in [2.24, 2.45) is 5.41 Å². The van der Waals surface area contributed by atoms with E-state index in [9.17, 15) is 24.6 Å². The van der Waals surface area contributed by atoms with Crippen molar-refractivity contribution in [3.63, 3.8) is 0 Å². The Balaban J connectivity index is 0.873. The van der Waals surface area contributed by atoms with Crippen LogP contribution in [-0.4, -0.2) is 122 Å². The zero-order valence-corrected chi connectivity index (χ0v) is 35.6. The third-order valence-corrected chi connectivity index (χ3v) is 11.1. The van der Waals surface area contributed by atoms with Crippen molar-refractivity contribution in [2.75, 3.05) is 51.9 Å². The van der Waals surface area contributed by atoms with Gasteiger partial charge in [0, 0.05) is 42.4 Å². The number of anilines is 1. The second-order valence-electron chi connectivity index (χ2n) is 15.8. The van der Waals surface area contributed by atoms with Crippen LogP contribution in [0.3, 0.4) is 0 Å². The van der Waals surface area contributed by atoms with Crippen molar-refractivity contribution in [1.29, 1.82) is 0 Å². The third-order valence-electron chi connectivity index (χ3n) is 10.1. The van der Waals surface area contributed by atoms with E-state index in [0.29, 0.717) is 43.2 Å². The minimum atomic E-state index is -0.970. The zero-order valence-electron chi connectivity index (χ0n) is 34.7. The number of nitrogens with one attached hydrogen (secondary N) is 2. The van der Waals surface area contributed by atoms with Crippen LogP contribution in [0.1, 0.15) is 38.4 Å². The number of aromatic nitrogens is 5. The largest absolute Gasteiger partial charge is 0.507 e. The minimum Gasteiger partial charge on any atom is -0.507 e. The number of β-amino-alcohol motifs (C(OH)–C–C–N with tert-alkyl or cyclic N) is 1. The molecular formula is C43H53N9O8S. The highest BCUT2D eigenvalue weighted by Crippen LogP contribution is 2.32. The second kappa shape index (κ2) is 20.7. The first-order valence-electron chi connectivity index (χ1n) is 20.0. The molecule has 0 saturated carbocycles. The fraction of sp³-hybridized carbons (Fsp3) is 0.419. The Morgan fingerprint density at radius 3 is 2.39 bits per heavy atom. The van der Waals surface area contributed by atoms with E-state index in [1.165, 1.54) is 4.90 Å². The fourth-order valence-corrected chi connectivity index (χ4v) is 7.64. The Kier molecular flexibility index (Phi) is 15.2. The summed E-state index contributed by atoms with van der Waals surface area (Å²) in [6.07, 6.45) is 2.73. The number of carbonyl (C=O) groups excluding carboxylic acids is 3. The highest BCUT2D eigenvalue weighted by molar-refractivity contribution is 7.13. The minimum absolute atomic E-state index is 0.0204. The van der Waals surface area contributed by atoms with Crippen molar-refractivity contribution in [1.82, 2.24) is 40.5 Å². The Hall–Kier alpha value is -5.79. The number of phenols is 1. The van der Waals surface area contributed by atoms with Crippen molar-refractivity contribution in [3.8, 4) is 38.6 Å². The van der Waals surface area contributed by atoms with E-state index in [-0.39, 0.29) is 56.8 Å². The third kappa shape index (κ3) is 11.9. The number of nitrogens with zero attached hydrogens (tertiary/aromatic N) is 6. The van der Waals surface area contributed by atoms with Crippen LogP contribution >= 0.6 is 11.3 Å². The lowest BCUT2D eigenvalue weighted by atomic mass is 9.85. The molecule has 6 rings (SSSR count). The lowest BCUT2D eigenvalue weighted by molar-refractivity contribution is -0.144. The molecule has 0 aliphatic carbocycles. The molecule has 2 aromatic carbocycles. The summed E-state index contributed by atoms with van der Waals surface area (Å²) in [5.41, 5.74) is 12.5. The lowest BCUT2D eigenvalue weighted by Crippen LogP contribution is -2.58. The number of aryl methyl sites for hydroxylation is 1. The van der Waals surface area contributed by atoms with Gasteiger partial charge in [0.1, 0.15) is 24.4 Å². The van der Waals surface area contributed by atoms with E-state index in [1.54, 1.807) is 52.5 Å². The van der Waals surface area contributed by atoms with Gasteiger partial charge >= 0.3 is 0 Å². The molecule has 4 heterocycles. The van der Waals surface area contributed by atoms with Gasteiger partial charge in [0.2, 0.25) is 17.7 Å². The van der Waals surface area contributed by atoms with E-state index in [2.05, 4.69) is 30.9 Å². The van der Waals surface area contributed by atoms with E-state index < -0.39 is 35.4 Å². The Bertz CT molecular complexity index is 2260. The number of phenolic OH excluding ortho intramolecular Hbond substituents is 1. The molecule has 3 amide bonds. The number of hydrogen-bond acceptors (Lipinski definition) is 14. The summed E-state index contributed by atoms with van der Waals surface area (Å²) in [4.78, 5) is 47.0. The highest BCUT2D eigenvalue weighted by Gasteiger charge is 2.44. The van der Waals surface area contributed by atoms with Crippen molar-refractivity contribution >= 4 is 34.9 Å². The summed E-state index contributed by atoms with van der Waals surface area (Å²) in [7, 11) is 0. The predicted molar refractivity (Wildman–Crippen MR) is 229 cm³/mol. The van der Waals surface area contributed by atoms with Gasteiger partial charge in [-0.1, -0.05) is 57.2 Å². The smallest absolute Gasteiger partial charge is 0.246 e. The fourth-order valence-electron chi connectivity index (χ4n) is 6.82. The number of aromatic hydroxyl groups is 1. The number of aliphatic hydroxyl groups is 1. The molecule has 18 heteroatoms. The summed E-state index contributed by atoms with van der Waals surface area (Å²) in [5.74, 6) is -0.980. The maximum Gasteiger partial charge on any atom is 0.246 e. The number of hydrogen-bond donors (Lipinski definition) is 5. The van der Waals surface area contributed by atoms with E-state index in [4.69, 9.17) is 19.9 Å². The first-order valence-corrected chi connectivity index (χ1v) is 20.9. The van der Waals surface area contributed by atoms with Gasteiger partial charge in [0.15, 0.2) is 5.82 Å². The van der Waals surface area contributed by atoms with Gasteiger partial charge in [0.05, 0.1) is 73.7 Å². The molecule has 5 aromatic rings. The van der Waals surface area contributed by atoms with E-state index in [1.807, 2.05) is 63.7 Å². The Morgan fingerprint density at radius 1 is 0.967 bits per heavy atom. The average Bonchev–Trinajstić information content (AvgIpc) is 4.00. The van der Waals surface area contributed by atoms with Crippen LogP contribution in [0.15, 0.2) is 72.5 Å². The Labute approximate surface area is 358 Å². The summed E-state index contributed by atoms with van der Waals surface area (Å²) in [6, 6.07) is 14.6. The second-order valence-corrected chi connectivity index (χ2v) is 16.6. The first-order chi connectivity index (χ1) is 29.3. The number of para-hydroxylation sites is 1. The molecule has 6 N–H and O–H groups in total. The first kappa shape index (κ1) is 44.8. The molecule has 3 aromatic heterocycles. The average molecular weight is 856 g/mol. The van der Waals surface area contributed by atoms with Gasteiger partial charge in [-0.25, -0.2) is 4.98 Å². The van der Waals surface area contributed by atoms with Crippen LogP contribution in [-0.2, 0) is 41.7 Å². The van der Waals surface area contributed by atoms with Crippen LogP contribution in [0.2, 0.25) is 0 Å². The van der Waals surface area contributed by atoms with Crippen LogP contribution in [0.4, 0.5) is 5.82 Å². The number of benzene rings is 2.